The van der Waals surface area contributed by atoms with Crippen LogP contribution >= 0.6 is 15.9 Å². The van der Waals surface area contributed by atoms with Gasteiger partial charge in [-0.15, -0.1) is 0 Å². The fourth-order valence-electron chi connectivity index (χ4n) is 2.20. The molecule has 2 aromatic rings. The SMILES string of the molecule is CCOc1cc(/C=N/NC(=O)c2cccc(OC)c2)cc(Br)c1OCC(N)=O. The third kappa shape index (κ3) is 5.98. The lowest BCUT2D eigenvalue weighted by Gasteiger charge is -2.13. The Balaban J connectivity index is 2.13. The molecular weight excluding hydrogens is 430 g/mol. The van der Waals surface area contributed by atoms with Crippen molar-refractivity contribution in [1.29, 1.82) is 0 Å². The average Bonchev–Trinajstić information content (AvgIpc) is 2.67. The summed E-state index contributed by atoms with van der Waals surface area (Å²) in [6.07, 6.45) is 1.46. The number of ether oxygens (including phenoxy) is 3. The number of carbonyl (C=O) groups excluding carboxylic acids is 2. The molecule has 9 heteroatoms. The highest BCUT2D eigenvalue weighted by molar-refractivity contribution is 9.10. The van der Waals surface area contributed by atoms with E-state index in [0.29, 0.717) is 39.5 Å². The largest absolute Gasteiger partial charge is 0.497 e. The number of halogens is 1. The molecule has 0 fully saturated rings. The molecule has 148 valence electrons. The minimum absolute atomic E-state index is 0.275. The molecule has 8 nitrogen and oxygen atoms in total. The number of hydrogen-bond acceptors (Lipinski definition) is 6. The van der Waals surface area contributed by atoms with Gasteiger partial charge < -0.3 is 19.9 Å². The summed E-state index contributed by atoms with van der Waals surface area (Å²) in [6, 6.07) is 10.1. The first kappa shape index (κ1) is 21.2. The second-order valence-electron chi connectivity index (χ2n) is 5.45. The van der Waals surface area contributed by atoms with Gasteiger partial charge in [0.1, 0.15) is 5.75 Å². The average molecular weight is 450 g/mol. The highest BCUT2D eigenvalue weighted by atomic mass is 79.9. The third-order valence-corrected chi connectivity index (χ3v) is 3.99. The van der Waals surface area contributed by atoms with Crippen molar-refractivity contribution in [3.8, 4) is 17.2 Å². The molecule has 2 rings (SSSR count). The second kappa shape index (κ2) is 10.3. The van der Waals surface area contributed by atoms with Crippen LogP contribution in [0.3, 0.4) is 0 Å². The van der Waals surface area contributed by atoms with E-state index in [1.807, 2.05) is 6.92 Å². The highest BCUT2D eigenvalue weighted by Gasteiger charge is 2.13. The number of nitrogens with two attached hydrogens (primary N) is 1. The predicted molar refractivity (Wildman–Crippen MR) is 108 cm³/mol. The van der Waals surface area contributed by atoms with Crippen LogP contribution in [0.2, 0.25) is 0 Å². The molecule has 0 aliphatic heterocycles. The monoisotopic (exact) mass is 449 g/mol. The van der Waals surface area contributed by atoms with Crippen molar-refractivity contribution in [2.24, 2.45) is 10.8 Å². The summed E-state index contributed by atoms with van der Waals surface area (Å²) in [5.41, 5.74) is 8.63. The smallest absolute Gasteiger partial charge is 0.271 e. The lowest BCUT2D eigenvalue weighted by molar-refractivity contribution is -0.119. The van der Waals surface area contributed by atoms with Gasteiger partial charge in [-0.25, -0.2) is 5.43 Å². The third-order valence-electron chi connectivity index (χ3n) is 3.40. The molecule has 0 aliphatic carbocycles. The molecule has 3 N–H and O–H groups in total. The van der Waals surface area contributed by atoms with Crippen molar-refractivity contribution >= 4 is 34.0 Å². The van der Waals surface area contributed by atoms with Crippen LogP contribution in [0.4, 0.5) is 0 Å². The Kier molecular flexibility index (Phi) is 7.82. The first-order valence-electron chi connectivity index (χ1n) is 8.29. The fraction of sp³-hybridized carbons (Fsp3) is 0.211. The standard InChI is InChI=1S/C19H20BrN3O5/c1-3-27-16-8-12(7-15(20)18(16)28-11-17(21)24)10-22-23-19(25)13-5-4-6-14(9-13)26-2/h4-10H,3,11H2,1-2H3,(H2,21,24)(H,23,25)/b22-10+. The normalized spacial score (nSPS) is 10.5. The van der Waals surface area contributed by atoms with Gasteiger partial charge in [-0.3, -0.25) is 9.59 Å². The number of primary amides is 1. The summed E-state index contributed by atoms with van der Waals surface area (Å²) in [4.78, 5) is 23.1. The molecule has 28 heavy (non-hydrogen) atoms. The molecule has 0 atom stereocenters. The molecule has 0 spiro atoms. The quantitative estimate of drug-likeness (QED) is 0.450. The highest BCUT2D eigenvalue weighted by Crippen LogP contribution is 2.36. The van der Waals surface area contributed by atoms with Gasteiger partial charge in [0.2, 0.25) is 0 Å². The zero-order valence-corrected chi connectivity index (χ0v) is 17.0. The minimum Gasteiger partial charge on any atom is -0.497 e. The fourth-order valence-corrected chi connectivity index (χ4v) is 2.78. The van der Waals surface area contributed by atoms with Gasteiger partial charge in [-0.1, -0.05) is 6.07 Å². The molecule has 0 bridgehead atoms. The molecule has 0 heterocycles. The van der Waals surface area contributed by atoms with Crippen molar-refractivity contribution in [2.75, 3.05) is 20.3 Å². The van der Waals surface area contributed by atoms with E-state index < -0.39 is 5.91 Å². The van der Waals surface area contributed by atoms with E-state index in [0.717, 1.165) is 0 Å². The Morgan fingerprint density at radius 3 is 2.71 bits per heavy atom. The number of carbonyl (C=O) groups is 2. The Morgan fingerprint density at radius 1 is 1.25 bits per heavy atom. The number of rotatable bonds is 9. The van der Waals surface area contributed by atoms with Crippen molar-refractivity contribution < 1.29 is 23.8 Å². The maximum Gasteiger partial charge on any atom is 0.271 e. The maximum absolute atomic E-state index is 12.2. The second-order valence-corrected chi connectivity index (χ2v) is 6.30. The number of benzene rings is 2. The van der Waals surface area contributed by atoms with Crippen LogP contribution in [0.15, 0.2) is 46.0 Å². The van der Waals surface area contributed by atoms with Crippen molar-refractivity contribution in [2.45, 2.75) is 6.92 Å². The number of nitrogens with zero attached hydrogens (tertiary/aromatic N) is 1. The number of nitrogens with one attached hydrogen (secondary N) is 1. The lowest BCUT2D eigenvalue weighted by Crippen LogP contribution is -2.20. The summed E-state index contributed by atoms with van der Waals surface area (Å²) in [6.45, 7) is 1.94. The Hall–Kier alpha value is -3.07. The number of hydrogen-bond donors (Lipinski definition) is 2. The van der Waals surface area contributed by atoms with Crippen LogP contribution in [-0.2, 0) is 4.79 Å². The molecule has 0 unspecified atom stereocenters. The van der Waals surface area contributed by atoms with E-state index in [-0.39, 0.29) is 12.5 Å². The topological polar surface area (TPSA) is 112 Å². The number of methoxy groups -OCH3 is 1. The van der Waals surface area contributed by atoms with E-state index in [2.05, 4.69) is 26.5 Å². The summed E-state index contributed by atoms with van der Waals surface area (Å²) in [5.74, 6) is 0.381. The summed E-state index contributed by atoms with van der Waals surface area (Å²) in [5, 5.41) is 3.96. The van der Waals surface area contributed by atoms with E-state index >= 15 is 0 Å². The molecule has 0 radical (unpaired) electrons. The molecule has 2 aromatic carbocycles. The van der Waals surface area contributed by atoms with E-state index in [4.69, 9.17) is 19.9 Å². The van der Waals surface area contributed by atoms with Crippen LogP contribution in [0, 0.1) is 0 Å². The van der Waals surface area contributed by atoms with Gasteiger partial charge in [-0.2, -0.15) is 5.10 Å². The van der Waals surface area contributed by atoms with Crippen molar-refractivity contribution in [3.05, 3.63) is 52.0 Å². The van der Waals surface area contributed by atoms with Crippen LogP contribution < -0.4 is 25.4 Å². The lowest BCUT2D eigenvalue weighted by atomic mass is 10.2. The van der Waals surface area contributed by atoms with Crippen LogP contribution in [0.25, 0.3) is 0 Å². The molecule has 0 aliphatic rings. The summed E-state index contributed by atoms with van der Waals surface area (Å²) >= 11 is 3.37. The number of amides is 2. The van der Waals surface area contributed by atoms with E-state index in [9.17, 15) is 9.59 Å². The van der Waals surface area contributed by atoms with E-state index in [1.54, 1.807) is 36.4 Å². The molecule has 0 saturated carbocycles. The molecular formula is C19H20BrN3O5. The molecule has 0 saturated heterocycles. The van der Waals surface area contributed by atoms with Crippen LogP contribution in [-0.4, -0.2) is 38.4 Å². The zero-order valence-electron chi connectivity index (χ0n) is 15.4. The Bertz CT molecular complexity index is 886. The van der Waals surface area contributed by atoms with Crippen LogP contribution in [0.1, 0.15) is 22.8 Å². The van der Waals surface area contributed by atoms with Gasteiger partial charge >= 0.3 is 0 Å². The number of hydrazone groups is 1. The Morgan fingerprint density at radius 2 is 2.04 bits per heavy atom. The maximum atomic E-state index is 12.2. The zero-order chi connectivity index (χ0) is 20.5. The van der Waals surface area contributed by atoms with Crippen molar-refractivity contribution in [3.63, 3.8) is 0 Å². The predicted octanol–water partition coefficient (Wildman–Crippen LogP) is 2.48. The van der Waals surface area contributed by atoms with Gasteiger partial charge in [0, 0.05) is 5.56 Å². The van der Waals surface area contributed by atoms with E-state index in [1.165, 1.54) is 13.3 Å². The minimum atomic E-state index is -0.597. The molecule has 0 aromatic heterocycles. The van der Waals surface area contributed by atoms with Gasteiger partial charge in [0.25, 0.3) is 11.8 Å². The first-order valence-corrected chi connectivity index (χ1v) is 9.08. The van der Waals surface area contributed by atoms with Gasteiger partial charge in [-0.05, 0) is 58.7 Å². The molecule has 2 amide bonds. The van der Waals surface area contributed by atoms with Gasteiger partial charge in [0.05, 0.1) is 24.4 Å². The summed E-state index contributed by atoms with van der Waals surface area (Å²) < 4.78 is 16.6. The first-order chi connectivity index (χ1) is 13.4. The Labute approximate surface area is 170 Å². The van der Waals surface area contributed by atoms with Crippen molar-refractivity contribution in [1.82, 2.24) is 5.43 Å². The van der Waals surface area contributed by atoms with Crippen LogP contribution in [0.5, 0.6) is 17.2 Å². The summed E-state index contributed by atoms with van der Waals surface area (Å²) in [7, 11) is 1.53. The van der Waals surface area contributed by atoms with Gasteiger partial charge in [0.15, 0.2) is 18.1 Å².